The molecule has 0 bridgehead atoms. The van der Waals surface area contributed by atoms with Crippen LogP contribution >= 0.6 is 11.6 Å². The Kier molecular flexibility index (Phi) is 4.71. The minimum Gasteiger partial charge on any atom is -0.381 e. The number of aromatic amines is 1. The zero-order valence-corrected chi connectivity index (χ0v) is 18.8. The summed E-state index contributed by atoms with van der Waals surface area (Å²) in [5, 5.41) is 7.56. The summed E-state index contributed by atoms with van der Waals surface area (Å²) < 4.78 is 31.4. The van der Waals surface area contributed by atoms with Crippen LogP contribution in [-0.4, -0.2) is 34.7 Å². The molecule has 172 valence electrons. The Morgan fingerprint density at radius 1 is 0.971 bits per heavy atom. The Hall–Kier alpha value is -4.44. The first-order valence-electron chi connectivity index (χ1n) is 10.5. The maximum Gasteiger partial charge on any atom is 0.173 e. The van der Waals surface area contributed by atoms with E-state index in [0.717, 1.165) is 0 Å². The summed E-state index contributed by atoms with van der Waals surface area (Å²) in [7, 11) is 0. The summed E-state index contributed by atoms with van der Waals surface area (Å²) >= 11 is 6.50. The van der Waals surface area contributed by atoms with Crippen molar-refractivity contribution in [1.82, 2.24) is 34.7 Å². The number of benzene rings is 2. The number of nitrogen functional groups attached to an aromatic ring is 1. The van der Waals surface area contributed by atoms with Gasteiger partial charge in [-0.2, -0.15) is 5.10 Å². The molecule has 0 radical (unpaired) electrons. The molecular weight excluding hydrogens is 474 g/mol. The van der Waals surface area contributed by atoms with E-state index < -0.39 is 11.6 Å². The van der Waals surface area contributed by atoms with E-state index in [2.05, 4.69) is 25.1 Å². The van der Waals surface area contributed by atoms with E-state index in [1.54, 1.807) is 24.3 Å². The van der Waals surface area contributed by atoms with Crippen molar-refractivity contribution < 1.29 is 8.78 Å². The quantitative estimate of drug-likeness (QED) is 0.352. The molecule has 4 heterocycles. The molecule has 0 aliphatic carbocycles. The molecule has 3 N–H and O–H groups in total. The van der Waals surface area contributed by atoms with Gasteiger partial charge in [-0.1, -0.05) is 11.6 Å². The van der Waals surface area contributed by atoms with Gasteiger partial charge in [-0.3, -0.25) is 14.6 Å². The predicted octanol–water partition coefficient (Wildman–Crippen LogP) is 5.24. The highest BCUT2D eigenvalue weighted by atomic mass is 35.5. The Morgan fingerprint density at radius 3 is 2.60 bits per heavy atom. The number of fused-ring (bicyclic) bond motifs is 2. The molecule has 35 heavy (non-hydrogen) atoms. The molecule has 0 atom stereocenters. The third kappa shape index (κ3) is 3.22. The van der Waals surface area contributed by atoms with Gasteiger partial charge in [0.2, 0.25) is 0 Å². The number of anilines is 1. The van der Waals surface area contributed by atoms with E-state index in [-0.39, 0.29) is 16.9 Å². The first-order valence-corrected chi connectivity index (χ1v) is 10.8. The lowest BCUT2D eigenvalue weighted by Gasteiger charge is -2.13. The maximum atomic E-state index is 15.0. The molecule has 4 aromatic heterocycles. The number of hydrogen-bond acceptors (Lipinski definition) is 6. The van der Waals surface area contributed by atoms with Crippen LogP contribution in [0, 0.1) is 18.6 Å². The van der Waals surface area contributed by atoms with Gasteiger partial charge in [0.25, 0.3) is 0 Å². The van der Waals surface area contributed by atoms with Crippen LogP contribution in [0.15, 0.2) is 55.1 Å². The summed E-state index contributed by atoms with van der Waals surface area (Å²) in [6.45, 7) is 1.81. The van der Waals surface area contributed by atoms with Crippen LogP contribution in [0.3, 0.4) is 0 Å². The van der Waals surface area contributed by atoms with Crippen molar-refractivity contribution in [3.05, 3.63) is 77.6 Å². The van der Waals surface area contributed by atoms with E-state index in [9.17, 15) is 8.78 Å². The second kappa shape index (κ2) is 7.81. The Morgan fingerprint density at radius 2 is 1.80 bits per heavy atom. The van der Waals surface area contributed by atoms with Gasteiger partial charge in [0, 0.05) is 28.9 Å². The summed E-state index contributed by atoms with van der Waals surface area (Å²) in [5.74, 6) is -0.299. The number of aromatic nitrogens is 7. The van der Waals surface area contributed by atoms with Crippen LogP contribution < -0.4 is 5.73 Å². The van der Waals surface area contributed by atoms with Crippen molar-refractivity contribution in [1.29, 1.82) is 0 Å². The summed E-state index contributed by atoms with van der Waals surface area (Å²) in [4.78, 5) is 17.0. The number of pyridine rings is 2. The van der Waals surface area contributed by atoms with Crippen LogP contribution in [0.25, 0.3) is 50.1 Å². The standard InChI is InChI=1S/C24H15ClF2N8/c1-11-33-21-14(24-31-10-32-34-24)8-12(13-4-6-30-23(28)20(13)27)9-18(21)35(11)17-5-7-29-22-16(26)3-2-15(25)19(17)22/h2-10H,1H3,(H2,28,30)(H,31,32,34). The number of halogens is 3. The molecule has 11 heteroatoms. The Balaban J connectivity index is 1.75. The monoisotopic (exact) mass is 488 g/mol. The van der Waals surface area contributed by atoms with Crippen LogP contribution in [-0.2, 0) is 0 Å². The van der Waals surface area contributed by atoms with Crippen molar-refractivity contribution in [3.8, 4) is 28.2 Å². The molecule has 6 rings (SSSR count). The van der Waals surface area contributed by atoms with Gasteiger partial charge in [0.1, 0.15) is 29.0 Å². The van der Waals surface area contributed by atoms with E-state index in [1.165, 1.54) is 30.9 Å². The molecule has 0 amide bonds. The number of rotatable bonds is 3. The molecule has 0 unspecified atom stereocenters. The number of hydrogen-bond donors (Lipinski definition) is 2. The highest BCUT2D eigenvalue weighted by Crippen LogP contribution is 2.38. The number of imidazole rings is 1. The summed E-state index contributed by atoms with van der Waals surface area (Å²) in [5.41, 5.74) is 9.03. The fourth-order valence-electron chi connectivity index (χ4n) is 4.31. The van der Waals surface area contributed by atoms with Crippen molar-refractivity contribution in [2.75, 3.05) is 5.73 Å². The van der Waals surface area contributed by atoms with E-state index in [0.29, 0.717) is 49.9 Å². The number of nitrogens with one attached hydrogen (secondary N) is 1. The van der Waals surface area contributed by atoms with Crippen molar-refractivity contribution in [3.63, 3.8) is 0 Å². The highest BCUT2D eigenvalue weighted by molar-refractivity contribution is 6.36. The zero-order chi connectivity index (χ0) is 24.3. The molecule has 2 aromatic carbocycles. The average Bonchev–Trinajstić information content (AvgIpc) is 3.50. The van der Waals surface area contributed by atoms with Gasteiger partial charge in [-0.05, 0) is 48.9 Å². The van der Waals surface area contributed by atoms with Gasteiger partial charge >= 0.3 is 0 Å². The van der Waals surface area contributed by atoms with E-state index in [1.807, 2.05) is 11.5 Å². The van der Waals surface area contributed by atoms with Crippen LogP contribution in [0.2, 0.25) is 5.02 Å². The van der Waals surface area contributed by atoms with Crippen molar-refractivity contribution in [2.24, 2.45) is 0 Å². The van der Waals surface area contributed by atoms with Crippen LogP contribution in [0.5, 0.6) is 0 Å². The first-order chi connectivity index (χ1) is 16.9. The molecular formula is C24H15ClF2N8. The van der Waals surface area contributed by atoms with Crippen LogP contribution in [0.4, 0.5) is 14.6 Å². The lowest BCUT2D eigenvalue weighted by atomic mass is 10.0. The highest BCUT2D eigenvalue weighted by Gasteiger charge is 2.21. The summed E-state index contributed by atoms with van der Waals surface area (Å²) in [6.07, 6.45) is 4.32. The molecule has 0 fully saturated rings. The molecule has 0 spiro atoms. The molecule has 0 aliphatic heterocycles. The summed E-state index contributed by atoms with van der Waals surface area (Å²) in [6, 6.07) is 9.57. The normalized spacial score (nSPS) is 11.5. The second-order valence-electron chi connectivity index (χ2n) is 7.86. The third-order valence-electron chi connectivity index (χ3n) is 5.84. The smallest absolute Gasteiger partial charge is 0.173 e. The van der Waals surface area contributed by atoms with E-state index >= 15 is 0 Å². The fourth-order valence-corrected chi connectivity index (χ4v) is 4.56. The first kappa shape index (κ1) is 21.1. The van der Waals surface area contributed by atoms with Crippen molar-refractivity contribution >= 4 is 39.4 Å². The SMILES string of the molecule is Cc1nc2c(-c3ncn[nH]3)cc(-c3ccnc(N)c3F)cc2n1-c1ccnc2c(F)ccc(Cl)c12. The zero-order valence-electron chi connectivity index (χ0n) is 18.1. The molecule has 6 aromatic rings. The maximum absolute atomic E-state index is 15.0. The van der Waals surface area contributed by atoms with Crippen LogP contribution in [0.1, 0.15) is 5.82 Å². The topological polar surface area (TPSA) is 111 Å². The predicted molar refractivity (Wildman–Crippen MR) is 129 cm³/mol. The van der Waals surface area contributed by atoms with Crippen molar-refractivity contribution in [2.45, 2.75) is 6.92 Å². The third-order valence-corrected chi connectivity index (χ3v) is 6.15. The lowest BCUT2D eigenvalue weighted by molar-refractivity contribution is 0.631. The number of nitrogens with two attached hydrogens (primary N) is 1. The number of aryl methyl sites for hydroxylation is 1. The average molecular weight is 489 g/mol. The van der Waals surface area contributed by atoms with Gasteiger partial charge in [0.05, 0.1) is 16.2 Å². The molecule has 0 aliphatic rings. The van der Waals surface area contributed by atoms with Gasteiger partial charge in [0.15, 0.2) is 17.5 Å². The lowest BCUT2D eigenvalue weighted by Crippen LogP contribution is -2.01. The second-order valence-corrected chi connectivity index (χ2v) is 8.27. The van der Waals surface area contributed by atoms with E-state index in [4.69, 9.17) is 22.3 Å². The van der Waals surface area contributed by atoms with Gasteiger partial charge in [-0.25, -0.2) is 23.7 Å². The van der Waals surface area contributed by atoms with Gasteiger partial charge < -0.3 is 5.73 Å². The largest absolute Gasteiger partial charge is 0.381 e. The minimum absolute atomic E-state index is 0.135. The van der Waals surface area contributed by atoms with Gasteiger partial charge in [-0.15, -0.1) is 0 Å². The Bertz CT molecular complexity index is 1760. The number of nitrogens with zero attached hydrogens (tertiary/aromatic N) is 6. The molecule has 0 saturated carbocycles. The minimum atomic E-state index is -0.641. The molecule has 8 nitrogen and oxygen atoms in total. The molecule has 0 saturated heterocycles. The number of H-pyrrole nitrogens is 1. The Labute approximate surface area is 201 Å². The fraction of sp³-hybridized carbons (Fsp3) is 0.0417.